The fourth-order valence-electron chi connectivity index (χ4n) is 4.88. The number of amides is 3. The summed E-state index contributed by atoms with van der Waals surface area (Å²) in [7, 11) is 0. The minimum atomic E-state index is -0.777. The number of rotatable bonds is 6. The number of aliphatic carboxylic acids is 1. The first kappa shape index (κ1) is 34.7. The first-order valence-corrected chi connectivity index (χ1v) is 14.8. The van der Waals surface area contributed by atoms with E-state index in [0.717, 1.165) is 37.7 Å². The minimum Gasteiger partial charge on any atom is -0.481 e. The van der Waals surface area contributed by atoms with Gasteiger partial charge >= 0.3 is 24.2 Å². The van der Waals surface area contributed by atoms with Gasteiger partial charge in [0.25, 0.3) is 0 Å². The Balaban J connectivity index is 0.000000317. The van der Waals surface area contributed by atoms with Gasteiger partial charge in [-0.1, -0.05) is 36.8 Å². The minimum absolute atomic E-state index is 0.00280. The second-order valence-electron chi connectivity index (χ2n) is 13.0. The molecule has 3 amide bonds. The lowest BCUT2D eigenvalue weighted by Crippen LogP contribution is -2.47. The van der Waals surface area contributed by atoms with E-state index < -0.39 is 35.5 Å². The number of hydrogen-bond donors (Lipinski definition) is 4. The van der Waals surface area contributed by atoms with Crippen molar-refractivity contribution in [2.75, 3.05) is 0 Å². The van der Waals surface area contributed by atoms with Crippen molar-refractivity contribution in [3.63, 3.8) is 0 Å². The summed E-state index contributed by atoms with van der Waals surface area (Å²) in [4.78, 5) is 46.2. The van der Waals surface area contributed by atoms with Crippen LogP contribution in [0.1, 0.15) is 98.5 Å². The van der Waals surface area contributed by atoms with Crippen molar-refractivity contribution in [1.82, 2.24) is 16.0 Å². The molecule has 0 spiro atoms. The zero-order valence-electron chi connectivity index (χ0n) is 25.9. The van der Waals surface area contributed by atoms with Crippen molar-refractivity contribution in [3.05, 3.63) is 35.9 Å². The maximum atomic E-state index is 12.0. The number of alkyl carbamates (subject to hydrolysis) is 3. The standard InChI is InChI=1S/C19H28N2O4.C12H21NO4/c1-19(2,3)25-18(23)21-16-11-7-10-15(12-16)20-17(22)24-13-14-8-5-4-6-9-14;1-12(2,3)17-11(16)13-9-6-4-5-8(7-9)10(14)15/h4-6,8-9,15-16H,7,10-13H2,1-3H3,(H,20,22)(H,21,23);8-9H,4-7H2,1-3H3,(H,13,16)(H,14,15)/t15-,16+;8-,9+/m00/s1. The van der Waals surface area contributed by atoms with E-state index in [-0.39, 0.29) is 30.7 Å². The number of carboxylic acids is 1. The van der Waals surface area contributed by atoms with Crippen molar-refractivity contribution in [2.24, 2.45) is 5.92 Å². The Hall–Kier alpha value is -3.50. The molecule has 236 valence electrons. The van der Waals surface area contributed by atoms with E-state index in [4.69, 9.17) is 19.3 Å². The highest BCUT2D eigenvalue weighted by Crippen LogP contribution is 2.25. The van der Waals surface area contributed by atoms with Gasteiger partial charge in [-0.2, -0.15) is 0 Å². The molecule has 2 saturated carbocycles. The molecule has 42 heavy (non-hydrogen) atoms. The molecule has 1 aromatic rings. The molecule has 0 heterocycles. The molecular formula is C31H49N3O8. The Kier molecular flexibility index (Phi) is 13.4. The molecule has 4 atom stereocenters. The van der Waals surface area contributed by atoms with Crippen LogP contribution < -0.4 is 16.0 Å². The quantitative estimate of drug-likeness (QED) is 0.298. The lowest BCUT2D eigenvalue weighted by molar-refractivity contribution is -0.143. The second kappa shape index (κ2) is 16.2. The largest absolute Gasteiger partial charge is 0.481 e. The molecule has 0 aliphatic heterocycles. The number of nitrogens with one attached hydrogen (secondary N) is 3. The topological polar surface area (TPSA) is 152 Å². The molecule has 2 fully saturated rings. The highest BCUT2D eigenvalue weighted by molar-refractivity contribution is 5.71. The van der Waals surface area contributed by atoms with E-state index in [1.165, 1.54) is 0 Å². The highest BCUT2D eigenvalue weighted by Gasteiger charge is 2.29. The van der Waals surface area contributed by atoms with Gasteiger partial charge in [0.1, 0.15) is 17.8 Å². The molecule has 0 radical (unpaired) electrons. The number of carbonyl (C=O) groups excluding carboxylic acids is 3. The number of ether oxygens (including phenoxy) is 3. The summed E-state index contributed by atoms with van der Waals surface area (Å²) >= 11 is 0. The van der Waals surface area contributed by atoms with Crippen LogP contribution in [0, 0.1) is 5.92 Å². The van der Waals surface area contributed by atoms with Crippen molar-refractivity contribution in [1.29, 1.82) is 0 Å². The molecule has 4 N–H and O–H groups in total. The van der Waals surface area contributed by atoms with E-state index >= 15 is 0 Å². The zero-order chi connectivity index (χ0) is 31.3. The molecule has 1 aromatic carbocycles. The van der Waals surface area contributed by atoms with Crippen molar-refractivity contribution in [3.8, 4) is 0 Å². The first-order chi connectivity index (χ1) is 19.6. The van der Waals surface area contributed by atoms with E-state index in [0.29, 0.717) is 19.3 Å². The predicted molar refractivity (Wildman–Crippen MR) is 158 cm³/mol. The Labute approximate surface area is 249 Å². The van der Waals surface area contributed by atoms with Gasteiger partial charge in [-0.25, -0.2) is 14.4 Å². The molecule has 0 saturated heterocycles. The third-order valence-corrected chi connectivity index (χ3v) is 6.67. The molecule has 0 unspecified atom stereocenters. The van der Waals surface area contributed by atoms with Gasteiger partial charge in [0.05, 0.1) is 5.92 Å². The van der Waals surface area contributed by atoms with Crippen LogP contribution in [0.2, 0.25) is 0 Å². The molecule has 11 heteroatoms. The second-order valence-corrected chi connectivity index (χ2v) is 13.0. The highest BCUT2D eigenvalue weighted by atomic mass is 16.6. The van der Waals surface area contributed by atoms with Crippen molar-refractivity contribution in [2.45, 2.75) is 129 Å². The third kappa shape index (κ3) is 14.9. The molecule has 2 aliphatic rings. The molecule has 2 aliphatic carbocycles. The normalized spacial score (nSPS) is 22.3. The summed E-state index contributed by atoms with van der Waals surface area (Å²) in [6.07, 6.45) is 4.93. The van der Waals surface area contributed by atoms with Crippen LogP contribution in [0.3, 0.4) is 0 Å². The number of carbonyl (C=O) groups is 4. The van der Waals surface area contributed by atoms with E-state index in [2.05, 4.69) is 16.0 Å². The van der Waals surface area contributed by atoms with Crippen LogP contribution in [0.5, 0.6) is 0 Å². The van der Waals surface area contributed by atoms with Crippen molar-refractivity contribution < 1.29 is 38.5 Å². The maximum Gasteiger partial charge on any atom is 0.407 e. The number of benzene rings is 1. The average Bonchev–Trinajstić information content (AvgIpc) is 2.86. The number of carboxylic acid groups (broad SMARTS) is 1. The van der Waals surface area contributed by atoms with Gasteiger partial charge in [0.2, 0.25) is 0 Å². The van der Waals surface area contributed by atoms with Gasteiger partial charge in [-0.15, -0.1) is 0 Å². The molecular weight excluding hydrogens is 542 g/mol. The van der Waals surface area contributed by atoms with E-state index in [1.54, 1.807) is 20.8 Å². The Bertz CT molecular complexity index is 1020. The van der Waals surface area contributed by atoms with Gasteiger partial charge in [-0.3, -0.25) is 4.79 Å². The van der Waals surface area contributed by atoms with Crippen LogP contribution in [0.25, 0.3) is 0 Å². The SMILES string of the molecule is CC(C)(C)OC(=O)N[C@@H]1CCC[C@H](C(=O)O)C1.CC(C)(C)OC(=O)N[C@@H]1CCC[C@H](NC(=O)OCc2ccccc2)C1. The van der Waals surface area contributed by atoms with Gasteiger partial charge < -0.3 is 35.3 Å². The van der Waals surface area contributed by atoms with Gasteiger partial charge in [0, 0.05) is 18.1 Å². The Morgan fingerprint density at radius 3 is 1.64 bits per heavy atom. The van der Waals surface area contributed by atoms with Crippen LogP contribution >= 0.6 is 0 Å². The third-order valence-electron chi connectivity index (χ3n) is 6.67. The summed E-state index contributed by atoms with van der Waals surface area (Å²) in [5.74, 6) is -1.12. The van der Waals surface area contributed by atoms with E-state index in [9.17, 15) is 19.2 Å². The van der Waals surface area contributed by atoms with Gasteiger partial charge in [-0.05, 0) is 92.1 Å². The molecule has 3 rings (SSSR count). The molecule has 11 nitrogen and oxygen atoms in total. The Morgan fingerprint density at radius 1 is 0.714 bits per heavy atom. The van der Waals surface area contributed by atoms with Crippen LogP contribution in [-0.2, 0) is 25.6 Å². The lowest BCUT2D eigenvalue weighted by atomic mass is 9.86. The smallest absolute Gasteiger partial charge is 0.407 e. The fourth-order valence-corrected chi connectivity index (χ4v) is 4.88. The first-order valence-electron chi connectivity index (χ1n) is 14.8. The summed E-state index contributed by atoms with van der Waals surface area (Å²) < 4.78 is 15.7. The maximum absolute atomic E-state index is 12.0. The van der Waals surface area contributed by atoms with E-state index in [1.807, 2.05) is 51.1 Å². The summed E-state index contributed by atoms with van der Waals surface area (Å²) in [6.45, 7) is 11.1. The average molecular weight is 592 g/mol. The lowest BCUT2D eigenvalue weighted by Gasteiger charge is -2.30. The van der Waals surface area contributed by atoms with Crippen LogP contribution in [-0.4, -0.2) is 58.7 Å². The monoisotopic (exact) mass is 591 g/mol. The molecule has 0 bridgehead atoms. The summed E-state index contributed by atoms with van der Waals surface area (Å²) in [6, 6.07) is 9.47. The van der Waals surface area contributed by atoms with Crippen molar-refractivity contribution >= 4 is 24.2 Å². The van der Waals surface area contributed by atoms with Crippen LogP contribution in [0.15, 0.2) is 30.3 Å². The van der Waals surface area contributed by atoms with Crippen LogP contribution in [0.4, 0.5) is 14.4 Å². The van der Waals surface area contributed by atoms with Gasteiger partial charge in [0.15, 0.2) is 0 Å². The number of hydrogen-bond acceptors (Lipinski definition) is 7. The zero-order valence-corrected chi connectivity index (χ0v) is 25.9. The summed E-state index contributed by atoms with van der Waals surface area (Å²) in [5, 5.41) is 17.4. The predicted octanol–water partition coefficient (Wildman–Crippen LogP) is 5.90. The molecule has 0 aromatic heterocycles. The summed E-state index contributed by atoms with van der Waals surface area (Å²) in [5.41, 5.74) is -0.0893. The fraction of sp³-hybridized carbons (Fsp3) is 0.677. The Morgan fingerprint density at radius 2 is 1.17 bits per heavy atom.